The Balaban J connectivity index is 2.20. The molecule has 0 bridgehead atoms. The van der Waals surface area contributed by atoms with Crippen LogP contribution < -0.4 is 0 Å². The number of aryl methyl sites for hydroxylation is 1. The van der Waals surface area contributed by atoms with Gasteiger partial charge in [0.1, 0.15) is 5.82 Å². The van der Waals surface area contributed by atoms with Gasteiger partial charge in [-0.25, -0.2) is 4.98 Å². The van der Waals surface area contributed by atoms with Crippen LogP contribution >= 0.6 is 11.6 Å². The number of hydrogen-bond acceptors (Lipinski definition) is 1. The summed E-state index contributed by atoms with van der Waals surface area (Å²) in [4.78, 5) is 4.60. The zero-order valence-corrected chi connectivity index (χ0v) is 11.5. The van der Waals surface area contributed by atoms with E-state index in [1.54, 1.807) is 0 Å². The van der Waals surface area contributed by atoms with Crippen molar-refractivity contribution < 1.29 is 0 Å². The second-order valence-electron chi connectivity index (χ2n) is 5.12. The molecule has 1 aromatic carbocycles. The van der Waals surface area contributed by atoms with Crippen molar-refractivity contribution in [3.8, 4) is 11.4 Å². The Hall–Kier alpha value is -1.28. The van der Waals surface area contributed by atoms with Crippen molar-refractivity contribution in [3.05, 3.63) is 40.7 Å². The second-order valence-corrected chi connectivity index (χ2v) is 5.48. The largest absolute Gasteiger partial charge is 0.326 e. The van der Waals surface area contributed by atoms with Crippen LogP contribution in [0.25, 0.3) is 11.4 Å². The van der Waals surface area contributed by atoms with Gasteiger partial charge >= 0.3 is 0 Å². The molecule has 1 aromatic heterocycles. The van der Waals surface area contributed by atoms with Gasteiger partial charge in [0.05, 0.1) is 5.69 Å². The van der Waals surface area contributed by atoms with Crippen molar-refractivity contribution >= 4 is 11.6 Å². The molecule has 1 atom stereocenters. The smallest absolute Gasteiger partial charge is 0.151 e. The molecule has 3 rings (SSSR count). The fourth-order valence-electron chi connectivity index (χ4n) is 2.85. The highest BCUT2D eigenvalue weighted by Gasteiger charge is 2.25. The molecule has 0 N–H and O–H groups in total. The maximum absolute atomic E-state index is 6.33. The molecule has 3 heteroatoms. The third-order valence-corrected chi connectivity index (χ3v) is 4.11. The molecule has 94 valence electrons. The van der Waals surface area contributed by atoms with E-state index in [1.165, 1.54) is 29.7 Å². The molecule has 2 nitrogen and oxygen atoms in total. The quantitative estimate of drug-likeness (QED) is 0.743. The number of rotatable bonds is 1. The number of fused-ring (bicyclic) bond motifs is 1. The summed E-state index contributed by atoms with van der Waals surface area (Å²) in [6, 6.07) is 8.37. The Labute approximate surface area is 113 Å². The molecular formula is C15H17ClN2. The lowest BCUT2D eigenvalue weighted by atomic mass is 9.98. The van der Waals surface area contributed by atoms with E-state index in [9.17, 15) is 0 Å². The van der Waals surface area contributed by atoms with Crippen LogP contribution in [0.4, 0.5) is 0 Å². The summed E-state index contributed by atoms with van der Waals surface area (Å²) in [5.74, 6) is 1.54. The highest BCUT2D eigenvalue weighted by Crippen LogP contribution is 2.36. The third kappa shape index (κ3) is 1.76. The van der Waals surface area contributed by atoms with Crippen molar-refractivity contribution in [2.75, 3.05) is 0 Å². The van der Waals surface area contributed by atoms with Gasteiger partial charge in [-0.3, -0.25) is 0 Å². The molecule has 2 aromatic rings. The lowest BCUT2D eigenvalue weighted by molar-refractivity contribution is 0.478. The fourth-order valence-corrected chi connectivity index (χ4v) is 3.22. The van der Waals surface area contributed by atoms with Gasteiger partial charge in [-0.1, -0.05) is 42.8 Å². The molecule has 0 saturated heterocycles. The predicted octanol–water partition coefficient (Wildman–Crippen LogP) is 4.41. The molecule has 0 spiro atoms. The second kappa shape index (κ2) is 4.43. The van der Waals surface area contributed by atoms with E-state index >= 15 is 0 Å². The summed E-state index contributed by atoms with van der Waals surface area (Å²) < 4.78 is 2.30. The summed E-state index contributed by atoms with van der Waals surface area (Å²) in [6.07, 6.45) is 2.42. The normalized spacial score (nSPS) is 18.7. The molecular weight excluding hydrogens is 244 g/mol. The Morgan fingerprint density at radius 2 is 2.11 bits per heavy atom. The van der Waals surface area contributed by atoms with Gasteiger partial charge in [-0.05, 0) is 31.2 Å². The van der Waals surface area contributed by atoms with Crippen molar-refractivity contribution in [2.45, 2.75) is 39.2 Å². The van der Waals surface area contributed by atoms with Crippen LogP contribution in [0.15, 0.2) is 24.3 Å². The average Bonchev–Trinajstić information content (AvgIpc) is 2.69. The van der Waals surface area contributed by atoms with Gasteiger partial charge < -0.3 is 4.57 Å². The molecule has 1 aliphatic heterocycles. The van der Waals surface area contributed by atoms with Crippen LogP contribution in [0.5, 0.6) is 0 Å². The van der Waals surface area contributed by atoms with Crippen LogP contribution in [0.1, 0.15) is 36.9 Å². The number of imidazole rings is 1. The highest BCUT2D eigenvalue weighted by atomic mass is 35.5. The summed E-state index contributed by atoms with van der Waals surface area (Å²) in [5.41, 5.74) is 3.65. The van der Waals surface area contributed by atoms with Gasteiger partial charge in [0.25, 0.3) is 0 Å². The molecule has 2 heterocycles. The molecule has 0 fully saturated rings. The first-order valence-corrected chi connectivity index (χ1v) is 6.88. The van der Waals surface area contributed by atoms with Gasteiger partial charge in [0.15, 0.2) is 5.15 Å². The Bertz CT molecular complexity index is 586. The Morgan fingerprint density at radius 1 is 1.33 bits per heavy atom. The van der Waals surface area contributed by atoms with Gasteiger partial charge in [-0.15, -0.1) is 0 Å². The van der Waals surface area contributed by atoms with Crippen LogP contribution in [-0.2, 0) is 6.54 Å². The van der Waals surface area contributed by atoms with E-state index in [-0.39, 0.29) is 0 Å². The SMILES string of the molecule is Cc1ccccc1-c1nc(Cl)c2n1CCCC2C. The van der Waals surface area contributed by atoms with Gasteiger partial charge in [0.2, 0.25) is 0 Å². The Kier molecular flexibility index (Phi) is 2.90. The van der Waals surface area contributed by atoms with Crippen molar-refractivity contribution in [1.29, 1.82) is 0 Å². The molecule has 0 radical (unpaired) electrons. The zero-order chi connectivity index (χ0) is 12.7. The van der Waals surface area contributed by atoms with E-state index in [1.807, 2.05) is 0 Å². The molecule has 0 aliphatic carbocycles. The summed E-state index contributed by atoms with van der Waals surface area (Å²) in [7, 11) is 0. The lowest BCUT2D eigenvalue weighted by Crippen LogP contribution is -2.14. The maximum atomic E-state index is 6.33. The first-order valence-electron chi connectivity index (χ1n) is 6.50. The molecule has 0 amide bonds. The third-order valence-electron chi connectivity index (χ3n) is 3.83. The fraction of sp³-hybridized carbons (Fsp3) is 0.400. The highest BCUT2D eigenvalue weighted by molar-refractivity contribution is 6.30. The first-order chi connectivity index (χ1) is 8.68. The maximum Gasteiger partial charge on any atom is 0.151 e. The van der Waals surface area contributed by atoms with E-state index in [0.717, 1.165) is 12.4 Å². The molecule has 1 aliphatic rings. The topological polar surface area (TPSA) is 17.8 Å². The van der Waals surface area contributed by atoms with Crippen LogP contribution in [0.3, 0.4) is 0 Å². The summed E-state index contributed by atoms with van der Waals surface area (Å²) in [6.45, 7) is 5.39. The van der Waals surface area contributed by atoms with E-state index in [2.05, 4.69) is 47.7 Å². The van der Waals surface area contributed by atoms with Crippen molar-refractivity contribution in [2.24, 2.45) is 0 Å². The van der Waals surface area contributed by atoms with Crippen molar-refractivity contribution in [3.63, 3.8) is 0 Å². The monoisotopic (exact) mass is 260 g/mol. The zero-order valence-electron chi connectivity index (χ0n) is 10.8. The number of halogens is 1. The van der Waals surface area contributed by atoms with Crippen LogP contribution in [0.2, 0.25) is 5.15 Å². The lowest BCUT2D eigenvalue weighted by Gasteiger charge is -2.22. The van der Waals surface area contributed by atoms with E-state index in [4.69, 9.17) is 11.6 Å². The van der Waals surface area contributed by atoms with Crippen LogP contribution in [-0.4, -0.2) is 9.55 Å². The van der Waals surface area contributed by atoms with E-state index in [0.29, 0.717) is 11.1 Å². The van der Waals surface area contributed by atoms with Crippen molar-refractivity contribution in [1.82, 2.24) is 9.55 Å². The number of nitrogens with zero attached hydrogens (tertiary/aromatic N) is 2. The first kappa shape index (κ1) is 11.8. The number of hydrogen-bond donors (Lipinski definition) is 0. The summed E-state index contributed by atoms with van der Waals surface area (Å²) in [5, 5.41) is 0.681. The minimum Gasteiger partial charge on any atom is -0.326 e. The van der Waals surface area contributed by atoms with Crippen LogP contribution in [0, 0.1) is 6.92 Å². The number of aromatic nitrogens is 2. The minimum atomic E-state index is 0.511. The van der Waals surface area contributed by atoms with E-state index < -0.39 is 0 Å². The van der Waals surface area contributed by atoms with Gasteiger partial charge in [-0.2, -0.15) is 0 Å². The summed E-state index contributed by atoms with van der Waals surface area (Å²) >= 11 is 6.33. The standard InChI is InChI=1S/C15H17ClN2/c1-10-6-3-4-8-12(10)15-17-14(16)13-11(2)7-5-9-18(13)15/h3-4,6,8,11H,5,7,9H2,1-2H3. The minimum absolute atomic E-state index is 0.511. The average molecular weight is 261 g/mol. The molecule has 18 heavy (non-hydrogen) atoms. The predicted molar refractivity (Wildman–Crippen MR) is 75.1 cm³/mol. The van der Waals surface area contributed by atoms with Gasteiger partial charge in [0, 0.05) is 12.1 Å². The molecule has 0 saturated carbocycles. The molecule has 1 unspecified atom stereocenters. The number of benzene rings is 1. The Morgan fingerprint density at radius 3 is 2.89 bits per heavy atom.